The Morgan fingerprint density at radius 3 is 3.00 bits per heavy atom. The van der Waals surface area contributed by atoms with Gasteiger partial charge in [0.25, 0.3) is 0 Å². The Labute approximate surface area is 110 Å². The Bertz CT molecular complexity index is 495. The van der Waals surface area contributed by atoms with Gasteiger partial charge in [-0.2, -0.15) is 0 Å². The minimum atomic E-state index is 0.0569. The Morgan fingerprint density at radius 2 is 2.33 bits per heavy atom. The van der Waals surface area contributed by atoms with Crippen LogP contribution in [0.5, 0.6) is 0 Å². The van der Waals surface area contributed by atoms with Crippen molar-refractivity contribution in [2.24, 2.45) is 5.73 Å². The number of hydrogen-bond donors (Lipinski definition) is 2. The maximum Gasteiger partial charge on any atom is 0.316 e. The molecule has 0 aliphatic heterocycles. The summed E-state index contributed by atoms with van der Waals surface area (Å²) in [7, 11) is 0. The Kier molecular flexibility index (Phi) is 4.27. The Morgan fingerprint density at radius 1 is 1.50 bits per heavy atom. The Balaban J connectivity index is 1.99. The molecule has 0 aromatic carbocycles. The van der Waals surface area contributed by atoms with E-state index in [1.807, 2.05) is 13.1 Å². The predicted octanol–water partition coefficient (Wildman–Crippen LogP) is 1.76. The van der Waals surface area contributed by atoms with Crippen LogP contribution in [-0.4, -0.2) is 21.7 Å². The summed E-state index contributed by atoms with van der Waals surface area (Å²) in [5, 5.41) is 12.0. The van der Waals surface area contributed by atoms with Crippen LogP contribution < -0.4 is 11.1 Å². The maximum absolute atomic E-state index is 5.42. The van der Waals surface area contributed by atoms with E-state index >= 15 is 0 Å². The van der Waals surface area contributed by atoms with Gasteiger partial charge in [0.15, 0.2) is 0 Å². The van der Waals surface area contributed by atoms with Crippen molar-refractivity contribution in [2.75, 3.05) is 11.9 Å². The van der Waals surface area contributed by atoms with Gasteiger partial charge in [-0.15, -0.1) is 16.4 Å². The summed E-state index contributed by atoms with van der Waals surface area (Å²) in [6.07, 6.45) is 3.51. The molecule has 3 N–H and O–H groups in total. The summed E-state index contributed by atoms with van der Waals surface area (Å²) in [4.78, 5) is 5.64. The molecule has 0 radical (unpaired) electrons. The van der Waals surface area contributed by atoms with Crippen molar-refractivity contribution in [1.82, 2.24) is 15.2 Å². The van der Waals surface area contributed by atoms with E-state index in [-0.39, 0.29) is 6.04 Å². The second kappa shape index (κ2) is 5.92. The number of aryl methyl sites for hydroxylation is 1. The summed E-state index contributed by atoms with van der Waals surface area (Å²) in [6.45, 7) is 4.64. The fourth-order valence-electron chi connectivity index (χ4n) is 1.47. The molecule has 0 fully saturated rings. The zero-order valence-electron chi connectivity index (χ0n) is 10.5. The minimum Gasteiger partial charge on any atom is -0.408 e. The molecule has 18 heavy (non-hydrogen) atoms. The van der Waals surface area contributed by atoms with E-state index in [0.717, 1.165) is 11.4 Å². The number of nitrogens with zero attached hydrogens (tertiary/aromatic N) is 3. The van der Waals surface area contributed by atoms with Gasteiger partial charge in [-0.25, -0.2) is 4.98 Å². The highest BCUT2D eigenvalue weighted by Gasteiger charge is 2.13. The highest BCUT2D eigenvalue weighted by atomic mass is 32.1. The van der Waals surface area contributed by atoms with Crippen molar-refractivity contribution in [3.63, 3.8) is 0 Å². The van der Waals surface area contributed by atoms with Gasteiger partial charge >= 0.3 is 6.01 Å². The molecule has 0 saturated carbocycles. The van der Waals surface area contributed by atoms with E-state index in [1.165, 1.54) is 4.88 Å². The van der Waals surface area contributed by atoms with Crippen LogP contribution in [0.3, 0.4) is 0 Å². The zero-order valence-corrected chi connectivity index (χ0v) is 11.3. The SMILES string of the molecule is CCc1cnc(C(C)Nc2nnc(CCN)o2)s1. The van der Waals surface area contributed by atoms with Crippen LogP contribution in [0.1, 0.15) is 35.7 Å². The number of aromatic nitrogens is 3. The number of nitrogens with two attached hydrogens (primary N) is 1. The van der Waals surface area contributed by atoms with Crippen LogP contribution >= 0.6 is 11.3 Å². The van der Waals surface area contributed by atoms with Gasteiger partial charge < -0.3 is 15.5 Å². The van der Waals surface area contributed by atoms with Gasteiger partial charge in [0.05, 0.1) is 6.04 Å². The third-order valence-corrected chi connectivity index (χ3v) is 3.78. The van der Waals surface area contributed by atoms with Crippen LogP contribution in [-0.2, 0) is 12.8 Å². The highest BCUT2D eigenvalue weighted by Crippen LogP contribution is 2.23. The summed E-state index contributed by atoms with van der Waals surface area (Å²) in [6, 6.07) is 0.473. The molecule has 98 valence electrons. The fraction of sp³-hybridized carbons (Fsp3) is 0.545. The second-order valence-corrected chi connectivity index (χ2v) is 5.07. The van der Waals surface area contributed by atoms with Gasteiger partial charge in [0.2, 0.25) is 5.89 Å². The second-order valence-electron chi connectivity index (χ2n) is 3.92. The molecule has 1 unspecified atom stereocenters. The van der Waals surface area contributed by atoms with Crippen LogP contribution in [0.4, 0.5) is 6.01 Å². The van der Waals surface area contributed by atoms with Crippen molar-refractivity contribution in [3.8, 4) is 0 Å². The van der Waals surface area contributed by atoms with E-state index in [1.54, 1.807) is 11.3 Å². The smallest absolute Gasteiger partial charge is 0.316 e. The molecule has 2 aromatic heterocycles. The predicted molar refractivity (Wildman–Crippen MR) is 70.6 cm³/mol. The molecule has 0 aliphatic rings. The van der Waals surface area contributed by atoms with Crippen molar-refractivity contribution >= 4 is 17.4 Å². The number of anilines is 1. The molecule has 0 bridgehead atoms. The molecule has 6 nitrogen and oxygen atoms in total. The fourth-order valence-corrected chi connectivity index (χ4v) is 2.33. The number of nitrogens with one attached hydrogen (secondary N) is 1. The Hall–Kier alpha value is -1.47. The van der Waals surface area contributed by atoms with Crippen molar-refractivity contribution in [1.29, 1.82) is 0 Å². The van der Waals surface area contributed by atoms with Gasteiger partial charge in [-0.3, -0.25) is 0 Å². The first-order valence-electron chi connectivity index (χ1n) is 5.96. The zero-order chi connectivity index (χ0) is 13.0. The molecule has 2 heterocycles. The standard InChI is InChI=1S/C11H17N5OS/c1-3-8-6-13-10(18-8)7(2)14-11-16-15-9(17-11)4-5-12/h6-7H,3-5,12H2,1-2H3,(H,14,16). The van der Waals surface area contributed by atoms with E-state index < -0.39 is 0 Å². The van der Waals surface area contributed by atoms with Crippen LogP contribution in [0, 0.1) is 0 Å². The van der Waals surface area contributed by atoms with Gasteiger partial charge in [0, 0.05) is 24.0 Å². The number of thiazole rings is 1. The average molecular weight is 267 g/mol. The molecule has 2 aromatic rings. The molecule has 0 spiro atoms. The van der Waals surface area contributed by atoms with E-state index in [4.69, 9.17) is 10.2 Å². The first-order chi connectivity index (χ1) is 8.72. The van der Waals surface area contributed by atoms with Crippen molar-refractivity contribution < 1.29 is 4.42 Å². The summed E-state index contributed by atoms with van der Waals surface area (Å²) in [5.41, 5.74) is 5.42. The van der Waals surface area contributed by atoms with Gasteiger partial charge in [-0.1, -0.05) is 12.0 Å². The quantitative estimate of drug-likeness (QED) is 0.829. The third kappa shape index (κ3) is 3.05. The first-order valence-corrected chi connectivity index (χ1v) is 6.78. The minimum absolute atomic E-state index is 0.0569. The molecular weight excluding hydrogens is 250 g/mol. The van der Waals surface area contributed by atoms with Gasteiger partial charge in [0.1, 0.15) is 5.01 Å². The average Bonchev–Trinajstić information content (AvgIpc) is 2.98. The summed E-state index contributed by atoms with van der Waals surface area (Å²) >= 11 is 1.69. The van der Waals surface area contributed by atoms with Crippen molar-refractivity contribution in [3.05, 3.63) is 22.0 Å². The molecule has 0 aliphatic carbocycles. The topological polar surface area (TPSA) is 89.9 Å². The van der Waals surface area contributed by atoms with Crippen LogP contribution in [0.2, 0.25) is 0 Å². The van der Waals surface area contributed by atoms with Crippen LogP contribution in [0.15, 0.2) is 10.6 Å². The lowest BCUT2D eigenvalue weighted by Crippen LogP contribution is -2.06. The summed E-state index contributed by atoms with van der Waals surface area (Å²) < 4.78 is 5.41. The number of hydrogen-bond acceptors (Lipinski definition) is 7. The maximum atomic E-state index is 5.42. The highest BCUT2D eigenvalue weighted by molar-refractivity contribution is 7.11. The molecule has 0 saturated heterocycles. The molecule has 2 rings (SSSR count). The molecule has 1 atom stereocenters. The largest absolute Gasteiger partial charge is 0.408 e. The lowest BCUT2D eigenvalue weighted by molar-refractivity contribution is 0.501. The lowest BCUT2D eigenvalue weighted by atomic mass is 10.4. The molecular formula is C11H17N5OS. The van der Waals surface area contributed by atoms with Gasteiger partial charge in [-0.05, 0) is 13.3 Å². The molecule has 0 amide bonds. The first kappa shape index (κ1) is 13.0. The lowest BCUT2D eigenvalue weighted by Gasteiger charge is -2.07. The van der Waals surface area contributed by atoms with E-state index in [2.05, 4.69) is 27.4 Å². The van der Waals surface area contributed by atoms with Crippen molar-refractivity contribution in [2.45, 2.75) is 32.7 Å². The normalized spacial score (nSPS) is 12.6. The monoisotopic (exact) mass is 267 g/mol. The third-order valence-electron chi connectivity index (χ3n) is 2.46. The summed E-state index contributed by atoms with van der Waals surface area (Å²) in [5.74, 6) is 0.556. The van der Waals surface area contributed by atoms with Crippen LogP contribution in [0.25, 0.3) is 0 Å². The van der Waals surface area contributed by atoms with E-state index in [0.29, 0.717) is 24.9 Å². The number of rotatable bonds is 6. The molecule has 7 heteroatoms. The van der Waals surface area contributed by atoms with E-state index in [9.17, 15) is 0 Å².